The van der Waals surface area contributed by atoms with Crippen LogP contribution in [0.1, 0.15) is 43.6 Å². The fourth-order valence-corrected chi connectivity index (χ4v) is 3.36. The van der Waals surface area contributed by atoms with Crippen LogP contribution < -0.4 is 10.6 Å². The third-order valence-electron chi connectivity index (χ3n) is 4.60. The normalized spacial score (nSPS) is 22.1. The van der Waals surface area contributed by atoms with Gasteiger partial charge in [0.1, 0.15) is 11.4 Å². The summed E-state index contributed by atoms with van der Waals surface area (Å²) < 4.78 is 13.5. The van der Waals surface area contributed by atoms with Gasteiger partial charge in [0.05, 0.1) is 5.92 Å². The fourth-order valence-electron chi connectivity index (χ4n) is 3.36. The zero-order chi connectivity index (χ0) is 16.6. The van der Waals surface area contributed by atoms with Crippen LogP contribution in [-0.2, 0) is 14.4 Å². The van der Waals surface area contributed by atoms with Gasteiger partial charge in [0, 0.05) is 12.1 Å². The number of anilines is 1. The van der Waals surface area contributed by atoms with Gasteiger partial charge in [-0.2, -0.15) is 0 Å². The van der Waals surface area contributed by atoms with Crippen molar-refractivity contribution in [3.8, 4) is 0 Å². The lowest BCUT2D eigenvalue weighted by Gasteiger charge is -2.30. The minimum atomic E-state index is -1.28. The van der Waals surface area contributed by atoms with Crippen LogP contribution in [0.3, 0.4) is 0 Å². The SMILES string of the molecule is O=C1CC(C(=O)NC2(C(=O)O)CCCC2)c2cc(F)ccc2N1. The topological polar surface area (TPSA) is 95.5 Å². The largest absolute Gasteiger partial charge is 0.480 e. The molecule has 2 amide bonds. The highest BCUT2D eigenvalue weighted by Crippen LogP contribution is 2.35. The summed E-state index contributed by atoms with van der Waals surface area (Å²) in [5.41, 5.74) is -0.516. The van der Waals surface area contributed by atoms with Gasteiger partial charge < -0.3 is 15.7 Å². The summed E-state index contributed by atoms with van der Waals surface area (Å²) in [7, 11) is 0. The van der Waals surface area contributed by atoms with E-state index in [1.54, 1.807) is 0 Å². The maximum atomic E-state index is 13.5. The molecule has 3 rings (SSSR count). The van der Waals surface area contributed by atoms with Crippen molar-refractivity contribution in [2.24, 2.45) is 0 Å². The number of carbonyl (C=O) groups is 3. The average Bonchev–Trinajstić information content (AvgIpc) is 2.96. The molecule has 1 atom stereocenters. The fraction of sp³-hybridized carbons (Fsp3) is 0.438. The van der Waals surface area contributed by atoms with E-state index in [2.05, 4.69) is 10.6 Å². The predicted molar refractivity (Wildman–Crippen MR) is 79.4 cm³/mol. The van der Waals surface area contributed by atoms with E-state index in [9.17, 15) is 23.9 Å². The highest BCUT2D eigenvalue weighted by atomic mass is 19.1. The molecule has 6 nitrogen and oxygen atoms in total. The minimum absolute atomic E-state index is 0.127. The van der Waals surface area contributed by atoms with Crippen molar-refractivity contribution in [2.75, 3.05) is 5.32 Å². The number of carboxylic acid groups (broad SMARTS) is 1. The highest BCUT2D eigenvalue weighted by Gasteiger charge is 2.44. The molecule has 0 aromatic heterocycles. The molecule has 0 spiro atoms. The van der Waals surface area contributed by atoms with Gasteiger partial charge in [-0.3, -0.25) is 9.59 Å². The highest BCUT2D eigenvalue weighted by molar-refractivity contribution is 6.02. The molecule has 2 aliphatic rings. The van der Waals surface area contributed by atoms with Crippen molar-refractivity contribution in [1.29, 1.82) is 0 Å². The Hall–Kier alpha value is -2.44. The first-order valence-electron chi connectivity index (χ1n) is 7.56. The number of hydrogen-bond donors (Lipinski definition) is 3. The molecule has 3 N–H and O–H groups in total. The number of amides is 2. The van der Waals surface area contributed by atoms with E-state index in [1.165, 1.54) is 18.2 Å². The van der Waals surface area contributed by atoms with Crippen LogP contribution in [0.15, 0.2) is 18.2 Å². The number of benzene rings is 1. The van der Waals surface area contributed by atoms with E-state index in [4.69, 9.17) is 0 Å². The van der Waals surface area contributed by atoms with Crippen molar-refractivity contribution in [2.45, 2.75) is 43.6 Å². The maximum Gasteiger partial charge on any atom is 0.329 e. The Morgan fingerprint density at radius 1 is 1.30 bits per heavy atom. The first kappa shape index (κ1) is 15.5. The summed E-state index contributed by atoms with van der Waals surface area (Å²) in [5.74, 6) is -3.35. The van der Waals surface area contributed by atoms with Gasteiger partial charge in [0.15, 0.2) is 0 Å². The zero-order valence-electron chi connectivity index (χ0n) is 12.4. The van der Waals surface area contributed by atoms with Crippen LogP contribution >= 0.6 is 0 Å². The number of fused-ring (bicyclic) bond motifs is 1. The van der Waals surface area contributed by atoms with Crippen molar-refractivity contribution >= 4 is 23.5 Å². The molecule has 1 fully saturated rings. The number of carbonyl (C=O) groups excluding carboxylic acids is 2. The molecule has 1 aromatic carbocycles. The van der Waals surface area contributed by atoms with Crippen LogP contribution in [0.4, 0.5) is 10.1 Å². The van der Waals surface area contributed by atoms with Crippen LogP contribution in [0, 0.1) is 5.82 Å². The number of nitrogens with one attached hydrogen (secondary N) is 2. The minimum Gasteiger partial charge on any atom is -0.480 e. The summed E-state index contributed by atoms with van der Waals surface area (Å²) >= 11 is 0. The van der Waals surface area contributed by atoms with Crippen molar-refractivity contribution < 1.29 is 23.9 Å². The maximum absolute atomic E-state index is 13.5. The lowest BCUT2D eigenvalue weighted by Crippen LogP contribution is -2.54. The Bertz CT molecular complexity index is 683. The van der Waals surface area contributed by atoms with Gasteiger partial charge in [0.25, 0.3) is 0 Å². The molecule has 0 bridgehead atoms. The van der Waals surface area contributed by atoms with E-state index in [0.717, 1.165) is 12.8 Å². The van der Waals surface area contributed by atoms with Crippen LogP contribution in [0.25, 0.3) is 0 Å². The molecule has 0 radical (unpaired) electrons. The second kappa shape index (κ2) is 5.64. The molecular weight excluding hydrogens is 303 g/mol. The van der Waals surface area contributed by atoms with Gasteiger partial charge in [0.2, 0.25) is 11.8 Å². The van der Waals surface area contributed by atoms with E-state index in [0.29, 0.717) is 24.1 Å². The molecule has 0 saturated heterocycles. The quantitative estimate of drug-likeness (QED) is 0.791. The third-order valence-corrected chi connectivity index (χ3v) is 4.60. The molecule has 23 heavy (non-hydrogen) atoms. The van der Waals surface area contributed by atoms with Gasteiger partial charge in [-0.05, 0) is 36.6 Å². The van der Waals surface area contributed by atoms with Crippen LogP contribution in [0.2, 0.25) is 0 Å². The monoisotopic (exact) mass is 320 g/mol. The van der Waals surface area contributed by atoms with Gasteiger partial charge >= 0.3 is 5.97 Å². The number of hydrogen-bond acceptors (Lipinski definition) is 3. The molecule has 1 unspecified atom stereocenters. The molecule has 122 valence electrons. The number of rotatable bonds is 3. The average molecular weight is 320 g/mol. The van der Waals surface area contributed by atoms with Crippen LogP contribution in [-0.4, -0.2) is 28.4 Å². The summed E-state index contributed by atoms with van der Waals surface area (Å²) in [4.78, 5) is 35.9. The molecule has 1 aliphatic carbocycles. The van der Waals surface area contributed by atoms with E-state index in [-0.39, 0.29) is 12.3 Å². The standard InChI is InChI=1S/C16H17FN2O4/c17-9-3-4-12-10(7-9)11(8-13(20)18-12)14(21)19-16(15(22)23)5-1-2-6-16/h3-4,7,11H,1-2,5-6,8H2,(H,18,20)(H,19,21)(H,22,23). The molecule has 7 heteroatoms. The molecular formula is C16H17FN2O4. The Morgan fingerprint density at radius 3 is 2.65 bits per heavy atom. The lowest BCUT2D eigenvalue weighted by molar-refractivity contribution is -0.147. The van der Waals surface area contributed by atoms with E-state index in [1.807, 2.05) is 0 Å². The Balaban J connectivity index is 1.89. The second-order valence-electron chi connectivity index (χ2n) is 6.12. The summed E-state index contributed by atoms with van der Waals surface area (Å²) in [6.45, 7) is 0. The van der Waals surface area contributed by atoms with Gasteiger partial charge in [-0.15, -0.1) is 0 Å². The first-order chi connectivity index (χ1) is 10.9. The number of halogens is 1. The van der Waals surface area contributed by atoms with E-state index >= 15 is 0 Å². The molecule has 1 aromatic rings. The second-order valence-corrected chi connectivity index (χ2v) is 6.12. The molecule has 1 heterocycles. The smallest absolute Gasteiger partial charge is 0.329 e. The lowest BCUT2D eigenvalue weighted by atomic mass is 9.88. The van der Waals surface area contributed by atoms with Gasteiger partial charge in [-0.25, -0.2) is 9.18 Å². The summed E-state index contributed by atoms with van der Waals surface area (Å²) in [6, 6.07) is 3.82. The summed E-state index contributed by atoms with van der Waals surface area (Å²) in [5, 5.41) is 14.6. The Labute approximate surface area is 132 Å². The zero-order valence-corrected chi connectivity index (χ0v) is 12.4. The van der Waals surface area contributed by atoms with Crippen LogP contribution in [0.5, 0.6) is 0 Å². The number of aliphatic carboxylic acids is 1. The molecule has 1 aliphatic heterocycles. The molecule has 1 saturated carbocycles. The van der Waals surface area contributed by atoms with Crippen molar-refractivity contribution in [1.82, 2.24) is 5.32 Å². The Kier molecular flexibility index (Phi) is 3.79. The third kappa shape index (κ3) is 2.78. The first-order valence-corrected chi connectivity index (χ1v) is 7.56. The van der Waals surface area contributed by atoms with Crippen molar-refractivity contribution in [3.63, 3.8) is 0 Å². The van der Waals surface area contributed by atoms with Crippen molar-refractivity contribution in [3.05, 3.63) is 29.6 Å². The number of carboxylic acids is 1. The predicted octanol–water partition coefficient (Wildman–Crippen LogP) is 1.77. The summed E-state index contributed by atoms with van der Waals surface area (Å²) in [6.07, 6.45) is 2.05. The van der Waals surface area contributed by atoms with E-state index < -0.39 is 29.2 Å². The Morgan fingerprint density at radius 2 is 2.00 bits per heavy atom. The van der Waals surface area contributed by atoms with Gasteiger partial charge in [-0.1, -0.05) is 12.8 Å².